The van der Waals surface area contributed by atoms with Gasteiger partial charge in [-0.25, -0.2) is 4.39 Å². The molecule has 0 aromatic heterocycles. The van der Waals surface area contributed by atoms with Gasteiger partial charge in [0.1, 0.15) is 0 Å². The first-order valence-electron chi connectivity index (χ1n) is 7.05. The zero-order valence-corrected chi connectivity index (χ0v) is 11.4. The van der Waals surface area contributed by atoms with Crippen molar-refractivity contribution < 1.29 is 9.13 Å². The molecule has 1 aliphatic rings. The number of halogens is 1. The van der Waals surface area contributed by atoms with Gasteiger partial charge in [-0.1, -0.05) is 6.07 Å². The van der Waals surface area contributed by atoms with Crippen LogP contribution in [0.1, 0.15) is 44.2 Å². The summed E-state index contributed by atoms with van der Waals surface area (Å²) in [5.74, 6) is 0.364. The molecule has 0 amide bonds. The van der Waals surface area contributed by atoms with E-state index in [1.807, 2.05) is 13.0 Å². The standard InChI is InChI=1S/C15H23FN2O/c1-2-19-14-8-5-11(9-13(14)16)15(18)10-3-6-12(17)7-4-10/h5,8-10,12,15H,2-4,6-7,17-18H2,1H3. The summed E-state index contributed by atoms with van der Waals surface area (Å²) in [5, 5.41) is 0. The van der Waals surface area contributed by atoms with Gasteiger partial charge in [0.2, 0.25) is 0 Å². The summed E-state index contributed by atoms with van der Waals surface area (Å²) in [7, 11) is 0. The van der Waals surface area contributed by atoms with Gasteiger partial charge >= 0.3 is 0 Å². The van der Waals surface area contributed by atoms with Crippen LogP contribution in [0.4, 0.5) is 4.39 Å². The molecule has 106 valence electrons. The predicted octanol–water partition coefficient (Wildman–Crippen LogP) is 2.74. The Morgan fingerprint density at radius 3 is 2.58 bits per heavy atom. The minimum atomic E-state index is -0.331. The lowest BCUT2D eigenvalue weighted by molar-refractivity contribution is 0.283. The van der Waals surface area contributed by atoms with Crippen molar-refractivity contribution in [2.24, 2.45) is 17.4 Å². The zero-order valence-electron chi connectivity index (χ0n) is 11.4. The molecule has 1 aromatic rings. The Labute approximate surface area is 114 Å². The van der Waals surface area contributed by atoms with Crippen LogP contribution in [0.2, 0.25) is 0 Å². The van der Waals surface area contributed by atoms with Gasteiger partial charge in [-0.05, 0) is 56.2 Å². The lowest BCUT2D eigenvalue weighted by Gasteiger charge is -2.30. The molecule has 3 nitrogen and oxygen atoms in total. The van der Waals surface area contributed by atoms with Crippen molar-refractivity contribution in [3.05, 3.63) is 29.6 Å². The fourth-order valence-corrected chi connectivity index (χ4v) is 2.77. The summed E-state index contributed by atoms with van der Waals surface area (Å²) in [4.78, 5) is 0. The average molecular weight is 266 g/mol. The molecule has 0 saturated heterocycles. The fourth-order valence-electron chi connectivity index (χ4n) is 2.77. The Kier molecular flexibility index (Phi) is 4.77. The molecule has 2 rings (SSSR count). The van der Waals surface area contributed by atoms with Gasteiger partial charge in [-0.2, -0.15) is 0 Å². The first-order valence-corrected chi connectivity index (χ1v) is 7.05. The van der Waals surface area contributed by atoms with Crippen LogP contribution in [0.3, 0.4) is 0 Å². The maximum atomic E-state index is 13.8. The van der Waals surface area contributed by atoms with Crippen LogP contribution in [0.15, 0.2) is 18.2 Å². The minimum absolute atomic E-state index is 0.113. The maximum absolute atomic E-state index is 13.8. The second kappa shape index (κ2) is 6.35. The Balaban J connectivity index is 2.06. The van der Waals surface area contributed by atoms with Gasteiger partial charge in [-0.3, -0.25) is 0 Å². The van der Waals surface area contributed by atoms with Gasteiger partial charge in [-0.15, -0.1) is 0 Å². The number of hydrogen-bond acceptors (Lipinski definition) is 3. The first kappa shape index (κ1) is 14.3. The second-order valence-electron chi connectivity index (χ2n) is 5.32. The molecule has 4 N–H and O–H groups in total. The van der Waals surface area contributed by atoms with Crippen molar-refractivity contribution in [2.45, 2.75) is 44.7 Å². The van der Waals surface area contributed by atoms with Gasteiger partial charge in [0, 0.05) is 12.1 Å². The lowest BCUT2D eigenvalue weighted by atomic mass is 9.80. The molecule has 1 aromatic carbocycles. The Bertz CT molecular complexity index is 417. The molecule has 0 spiro atoms. The highest BCUT2D eigenvalue weighted by Gasteiger charge is 2.25. The third-order valence-electron chi connectivity index (χ3n) is 3.97. The molecule has 0 heterocycles. The Morgan fingerprint density at radius 2 is 2.00 bits per heavy atom. The topological polar surface area (TPSA) is 61.3 Å². The van der Waals surface area contributed by atoms with E-state index in [1.54, 1.807) is 6.07 Å². The molecule has 1 saturated carbocycles. The van der Waals surface area contributed by atoms with E-state index in [0.29, 0.717) is 24.3 Å². The second-order valence-corrected chi connectivity index (χ2v) is 5.32. The molecule has 0 aliphatic heterocycles. The Morgan fingerprint density at radius 1 is 1.32 bits per heavy atom. The third kappa shape index (κ3) is 3.45. The van der Waals surface area contributed by atoms with Gasteiger partial charge in [0.15, 0.2) is 11.6 Å². The summed E-state index contributed by atoms with van der Waals surface area (Å²) in [6.07, 6.45) is 4.07. The monoisotopic (exact) mass is 266 g/mol. The zero-order chi connectivity index (χ0) is 13.8. The smallest absolute Gasteiger partial charge is 0.165 e. The molecule has 0 radical (unpaired) electrons. The SMILES string of the molecule is CCOc1ccc(C(N)C2CCC(N)CC2)cc1F. The van der Waals surface area contributed by atoms with Crippen LogP contribution >= 0.6 is 0 Å². The van der Waals surface area contributed by atoms with Crippen molar-refractivity contribution in [2.75, 3.05) is 6.61 Å². The molecule has 1 atom stereocenters. The van der Waals surface area contributed by atoms with E-state index in [0.717, 1.165) is 31.2 Å². The molecule has 1 aliphatic carbocycles. The highest BCUT2D eigenvalue weighted by molar-refractivity contribution is 5.31. The largest absolute Gasteiger partial charge is 0.491 e. The minimum Gasteiger partial charge on any atom is -0.491 e. The fraction of sp³-hybridized carbons (Fsp3) is 0.600. The van der Waals surface area contributed by atoms with Crippen molar-refractivity contribution in [1.82, 2.24) is 0 Å². The van der Waals surface area contributed by atoms with Crippen LogP contribution in [-0.4, -0.2) is 12.6 Å². The molecule has 1 fully saturated rings. The summed E-state index contributed by atoms with van der Waals surface area (Å²) >= 11 is 0. The molecule has 0 bridgehead atoms. The van der Waals surface area contributed by atoms with Crippen LogP contribution in [0, 0.1) is 11.7 Å². The molecule has 1 unspecified atom stereocenters. The quantitative estimate of drug-likeness (QED) is 0.881. The normalized spacial score (nSPS) is 25.1. The van der Waals surface area contributed by atoms with E-state index in [2.05, 4.69) is 0 Å². The number of rotatable bonds is 4. The van der Waals surface area contributed by atoms with Crippen LogP contribution < -0.4 is 16.2 Å². The number of nitrogens with two attached hydrogens (primary N) is 2. The highest BCUT2D eigenvalue weighted by Crippen LogP contribution is 2.33. The van der Waals surface area contributed by atoms with E-state index >= 15 is 0 Å². The van der Waals surface area contributed by atoms with E-state index in [1.165, 1.54) is 6.07 Å². The van der Waals surface area contributed by atoms with E-state index in [9.17, 15) is 4.39 Å². The van der Waals surface area contributed by atoms with Crippen LogP contribution in [0.5, 0.6) is 5.75 Å². The molecular formula is C15H23FN2O. The van der Waals surface area contributed by atoms with Crippen LogP contribution in [0.25, 0.3) is 0 Å². The van der Waals surface area contributed by atoms with Crippen molar-refractivity contribution >= 4 is 0 Å². The summed E-state index contributed by atoms with van der Waals surface area (Å²) < 4.78 is 19.0. The summed E-state index contributed by atoms with van der Waals surface area (Å²) in [6, 6.07) is 5.23. The summed E-state index contributed by atoms with van der Waals surface area (Å²) in [5.41, 5.74) is 13.0. The van der Waals surface area contributed by atoms with E-state index in [-0.39, 0.29) is 11.9 Å². The van der Waals surface area contributed by atoms with Crippen molar-refractivity contribution in [1.29, 1.82) is 0 Å². The summed E-state index contributed by atoms with van der Waals surface area (Å²) in [6.45, 7) is 2.30. The predicted molar refractivity (Wildman–Crippen MR) is 74.4 cm³/mol. The third-order valence-corrected chi connectivity index (χ3v) is 3.97. The molecular weight excluding hydrogens is 243 g/mol. The van der Waals surface area contributed by atoms with Crippen molar-refractivity contribution in [3.63, 3.8) is 0 Å². The van der Waals surface area contributed by atoms with Crippen molar-refractivity contribution in [3.8, 4) is 5.75 Å². The number of benzene rings is 1. The van der Waals surface area contributed by atoms with Gasteiger partial charge in [0.05, 0.1) is 6.61 Å². The van der Waals surface area contributed by atoms with E-state index < -0.39 is 0 Å². The maximum Gasteiger partial charge on any atom is 0.165 e. The van der Waals surface area contributed by atoms with Gasteiger partial charge in [0.25, 0.3) is 0 Å². The van der Waals surface area contributed by atoms with E-state index in [4.69, 9.17) is 16.2 Å². The Hall–Kier alpha value is -1.13. The van der Waals surface area contributed by atoms with Crippen LogP contribution in [-0.2, 0) is 0 Å². The average Bonchev–Trinajstić information content (AvgIpc) is 2.41. The lowest BCUT2D eigenvalue weighted by Crippen LogP contribution is -2.31. The molecule has 4 heteroatoms. The number of ether oxygens (including phenoxy) is 1. The first-order chi connectivity index (χ1) is 9.11. The highest BCUT2D eigenvalue weighted by atomic mass is 19.1. The van der Waals surface area contributed by atoms with Gasteiger partial charge < -0.3 is 16.2 Å². The molecule has 19 heavy (non-hydrogen) atoms. The number of hydrogen-bond donors (Lipinski definition) is 2.